The van der Waals surface area contributed by atoms with E-state index in [4.69, 9.17) is 0 Å². The fourth-order valence-corrected chi connectivity index (χ4v) is 3.36. The molecule has 1 saturated heterocycles. The van der Waals surface area contributed by atoms with Gasteiger partial charge < -0.3 is 15.1 Å². The van der Waals surface area contributed by atoms with Crippen molar-refractivity contribution in [1.82, 2.24) is 4.90 Å². The van der Waals surface area contributed by atoms with Crippen LogP contribution in [0.2, 0.25) is 0 Å². The Kier molecular flexibility index (Phi) is 6.79. The van der Waals surface area contributed by atoms with Crippen LogP contribution in [0.4, 0.5) is 17.1 Å². The van der Waals surface area contributed by atoms with Gasteiger partial charge in [0.15, 0.2) is 0 Å². The zero-order chi connectivity index (χ0) is 21.5. The first-order chi connectivity index (χ1) is 14.5. The number of hydrogen-bond donors (Lipinski definition) is 1. The van der Waals surface area contributed by atoms with Crippen molar-refractivity contribution in [2.45, 2.75) is 13.3 Å². The molecule has 0 unspecified atom stereocenters. The molecule has 2 aromatic rings. The topological polar surface area (TPSA) is 95.8 Å². The number of nitrogens with zero attached hydrogens (tertiary/aromatic N) is 3. The lowest BCUT2D eigenvalue weighted by Crippen LogP contribution is -2.48. The minimum absolute atomic E-state index is 0.0244. The number of non-ortho nitro benzene ring substituents is 1. The van der Waals surface area contributed by atoms with Gasteiger partial charge in [-0.05, 0) is 23.8 Å². The fourth-order valence-electron chi connectivity index (χ4n) is 3.36. The number of nitro groups is 1. The molecule has 0 saturated carbocycles. The number of carbonyl (C=O) groups is 2. The van der Waals surface area contributed by atoms with Gasteiger partial charge >= 0.3 is 0 Å². The van der Waals surface area contributed by atoms with Crippen LogP contribution >= 0.6 is 0 Å². The van der Waals surface area contributed by atoms with Crippen molar-refractivity contribution < 1.29 is 14.5 Å². The highest BCUT2D eigenvalue weighted by Crippen LogP contribution is 2.27. The summed E-state index contributed by atoms with van der Waals surface area (Å²) in [7, 11) is 0. The summed E-state index contributed by atoms with van der Waals surface area (Å²) in [6.45, 7) is 4.56. The lowest BCUT2D eigenvalue weighted by Gasteiger charge is -2.36. The van der Waals surface area contributed by atoms with Crippen LogP contribution in [0.15, 0.2) is 54.6 Å². The van der Waals surface area contributed by atoms with Gasteiger partial charge in [-0.1, -0.05) is 31.2 Å². The van der Waals surface area contributed by atoms with E-state index in [0.29, 0.717) is 43.9 Å². The Labute approximate surface area is 174 Å². The van der Waals surface area contributed by atoms with Crippen LogP contribution in [0.3, 0.4) is 0 Å². The second-order valence-corrected chi connectivity index (χ2v) is 6.91. The molecule has 0 atom stereocenters. The minimum atomic E-state index is -0.471. The molecular weight excluding hydrogens is 384 g/mol. The van der Waals surface area contributed by atoms with E-state index in [-0.39, 0.29) is 17.5 Å². The van der Waals surface area contributed by atoms with Gasteiger partial charge in [-0.25, -0.2) is 0 Å². The Morgan fingerprint density at radius 3 is 2.53 bits per heavy atom. The predicted molar refractivity (Wildman–Crippen MR) is 116 cm³/mol. The quantitative estimate of drug-likeness (QED) is 0.449. The first kappa shape index (κ1) is 21.0. The number of carbonyl (C=O) groups excluding carboxylic acids is 2. The van der Waals surface area contributed by atoms with Crippen molar-refractivity contribution in [3.8, 4) is 0 Å². The monoisotopic (exact) mass is 408 g/mol. The molecule has 0 aliphatic carbocycles. The average Bonchev–Trinajstić information content (AvgIpc) is 2.78. The summed E-state index contributed by atoms with van der Waals surface area (Å²) >= 11 is 0. The Hall–Kier alpha value is -3.68. The standard InChI is InChI=1S/C22H24N4O4/c1-2-22(28)25-14-12-24(13-15-25)20-9-4-3-8-19(20)23-21(27)11-10-17-6-5-7-18(16-17)26(29)30/h3-11,16H,2,12-15H2,1H3,(H,23,27). The van der Waals surface area contributed by atoms with Crippen molar-refractivity contribution in [2.24, 2.45) is 0 Å². The van der Waals surface area contributed by atoms with Gasteiger partial charge in [0, 0.05) is 50.8 Å². The van der Waals surface area contributed by atoms with E-state index in [1.54, 1.807) is 18.2 Å². The molecule has 0 bridgehead atoms. The summed E-state index contributed by atoms with van der Waals surface area (Å²) in [5.74, 6) is -0.170. The van der Waals surface area contributed by atoms with Gasteiger partial charge in [0.2, 0.25) is 11.8 Å². The molecular formula is C22H24N4O4. The lowest BCUT2D eigenvalue weighted by molar-refractivity contribution is -0.384. The number of hydrogen-bond acceptors (Lipinski definition) is 5. The van der Waals surface area contributed by atoms with E-state index < -0.39 is 4.92 Å². The van der Waals surface area contributed by atoms with Crippen LogP contribution in [0.1, 0.15) is 18.9 Å². The van der Waals surface area contributed by atoms with Crippen LogP contribution in [0.5, 0.6) is 0 Å². The molecule has 1 N–H and O–H groups in total. The highest BCUT2D eigenvalue weighted by Gasteiger charge is 2.21. The summed E-state index contributed by atoms with van der Waals surface area (Å²) in [4.78, 5) is 38.7. The molecule has 30 heavy (non-hydrogen) atoms. The SMILES string of the molecule is CCC(=O)N1CCN(c2ccccc2NC(=O)C=Cc2cccc([N+](=O)[O-])c2)CC1. The Morgan fingerprint density at radius 2 is 1.83 bits per heavy atom. The molecule has 3 rings (SSSR count). The minimum Gasteiger partial charge on any atom is -0.366 e. The highest BCUT2D eigenvalue weighted by atomic mass is 16.6. The van der Waals surface area contributed by atoms with E-state index in [2.05, 4.69) is 10.2 Å². The Balaban J connectivity index is 1.66. The molecule has 2 aromatic carbocycles. The van der Waals surface area contributed by atoms with Gasteiger partial charge in [-0.15, -0.1) is 0 Å². The number of rotatable bonds is 6. The average molecular weight is 408 g/mol. The van der Waals surface area contributed by atoms with Crippen LogP contribution in [-0.4, -0.2) is 47.8 Å². The maximum atomic E-state index is 12.4. The van der Waals surface area contributed by atoms with Crippen molar-refractivity contribution in [3.05, 3.63) is 70.3 Å². The number of benzene rings is 2. The Morgan fingerprint density at radius 1 is 1.10 bits per heavy atom. The number of para-hydroxylation sites is 2. The van der Waals surface area contributed by atoms with E-state index >= 15 is 0 Å². The fraction of sp³-hybridized carbons (Fsp3) is 0.273. The van der Waals surface area contributed by atoms with Crippen molar-refractivity contribution >= 4 is 35.0 Å². The van der Waals surface area contributed by atoms with E-state index in [9.17, 15) is 19.7 Å². The smallest absolute Gasteiger partial charge is 0.270 e. The number of amides is 2. The largest absolute Gasteiger partial charge is 0.366 e. The zero-order valence-electron chi connectivity index (χ0n) is 16.8. The molecule has 1 fully saturated rings. The third-order valence-electron chi connectivity index (χ3n) is 4.95. The molecule has 0 spiro atoms. The summed E-state index contributed by atoms with van der Waals surface area (Å²) in [6.07, 6.45) is 3.40. The summed E-state index contributed by atoms with van der Waals surface area (Å²) < 4.78 is 0. The number of anilines is 2. The molecule has 156 valence electrons. The highest BCUT2D eigenvalue weighted by molar-refractivity contribution is 6.03. The van der Waals surface area contributed by atoms with Crippen LogP contribution < -0.4 is 10.2 Å². The van der Waals surface area contributed by atoms with Crippen LogP contribution in [0, 0.1) is 10.1 Å². The van der Waals surface area contributed by atoms with Crippen LogP contribution in [0.25, 0.3) is 6.08 Å². The lowest BCUT2D eigenvalue weighted by atomic mass is 10.2. The van der Waals surface area contributed by atoms with Gasteiger partial charge in [0.1, 0.15) is 0 Å². The number of piperazine rings is 1. The third kappa shape index (κ3) is 5.22. The van der Waals surface area contributed by atoms with Gasteiger partial charge in [0.05, 0.1) is 16.3 Å². The summed E-state index contributed by atoms with van der Waals surface area (Å²) in [5.41, 5.74) is 2.13. The molecule has 2 amide bonds. The summed E-state index contributed by atoms with van der Waals surface area (Å²) in [6, 6.07) is 13.6. The molecule has 1 aliphatic rings. The first-order valence-corrected chi connectivity index (χ1v) is 9.83. The normalized spacial score (nSPS) is 14.0. The van der Waals surface area contributed by atoms with Crippen molar-refractivity contribution in [1.29, 1.82) is 0 Å². The van der Waals surface area contributed by atoms with E-state index in [1.807, 2.05) is 36.1 Å². The predicted octanol–water partition coefficient (Wildman–Crippen LogP) is 3.31. The van der Waals surface area contributed by atoms with Gasteiger partial charge in [0.25, 0.3) is 5.69 Å². The maximum absolute atomic E-state index is 12.4. The molecule has 0 radical (unpaired) electrons. The first-order valence-electron chi connectivity index (χ1n) is 9.83. The molecule has 8 nitrogen and oxygen atoms in total. The Bertz CT molecular complexity index is 965. The molecule has 1 aliphatic heterocycles. The van der Waals surface area contributed by atoms with Gasteiger partial charge in [-0.2, -0.15) is 0 Å². The maximum Gasteiger partial charge on any atom is 0.270 e. The van der Waals surface area contributed by atoms with E-state index in [0.717, 1.165) is 5.69 Å². The third-order valence-corrected chi connectivity index (χ3v) is 4.95. The van der Waals surface area contributed by atoms with Crippen LogP contribution in [-0.2, 0) is 9.59 Å². The van der Waals surface area contributed by atoms with E-state index in [1.165, 1.54) is 18.2 Å². The second-order valence-electron chi connectivity index (χ2n) is 6.91. The molecule has 1 heterocycles. The molecule has 8 heteroatoms. The van der Waals surface area contributed by atoms with Crippen molar-refractivity contribution in [2.75, 3.05) is 36.4 Å². The molecule has 0 aromatic heterocycles. The van der Waals surface area contributed by atoms with Crippen molar-refractivity contribution in [3.63, 3.8) is 0 Å². The zero-order valence-corrected chi connectivity index (χ0v) is 16.8. The number of nitro benzene ring substituents is 1. The second kappa shape index (κ2) is 9.69. The number of nitrogens with one attached hydrogen (secondary N) is 1. The van der Waals surface area contributed by atoms with Gasteiger partial charge in [-0.3, -0.25) is 19.7 Å². The summed E-state index contributed by atoms with van der Waals surface area (Å²) in [5, 5.41) is 13.7.